The molecule has 20 heavy (non-hydrogen) atoms. The highest BCUT2D eigenvalue weighted by Crippen LogP contribution is 2.32. The summed E-state index contributed by atoms with van der Waals surface area (Å²) in [6, 6.07) is 13.2. The Labute approximate surface area is 119 Å². The molecule has 0 radical (unpaired) electrons. The predicted octanol–water partition coefficient (Wildman–Crippen LogP) is 3.63. The van der Waals surface area contributed by atoms with Crippen molar-refractivity contribution >= 4 is 0 Å². The van der Waals surface area contributed by atoms with Crippen LogP contribution in [0, 0.1) is 0 Å². The largest absolute Gasteiger partial charge is 0.469 e. The molecule has 1 aliphatic rings. The van der Waals surface area contributed by atoms with Gasteiger partial charge in [0.2, 0.25) is 0 Å². The van der Waals surface area contributed by atoms with Gasteiger partial charge in [-0.1, -0.05) is 30.3 Å². The van der Waals surface area contributed by atoms with Gasteiger partial charge < -0.3 is 14.5 Å². The highest BCUT2D eigenvalue weighted by molar-refractivity contribution is 5.26. The molecule has 1 aromatic heterocycles. The van der Waals surface area contributed by atoms with Gasteiger partial charge >= 0.3 is 0 Å². The van der Waals surface area contributed by atoms with Crippen LogP contribution < -0.4 is 5.32 Å². The zero-order valence-electron chi connectivity index (χ0n) is 11.8. The van der Waals surface area contributed by atoms with Crippen LogP contribution in [-0.2, 0) is 11.2 Å². The second-order valence-electron chi connectivity index (χ2n) is 5.33. The number of furan rings is 1. The van der Waals surface area contributed by atoms with Gasteiger partial charge in [-0.05, 0) is 24.5 Å². The summed E-state index contributed by atoms with van der Waals surface area (Å²) in [5.74, 6) is 1.14. The lowest BCUT2D eigenvalue weighted by atomic mass is 9.92. The standard InChI is InChI=1S/C17H21NO2/c1-19-12-16(13-6-3-2-4-7-13)18-15-8-5-9-17-14(15)10-11-20-17/h2-4,6-7,10-11,15-16,18H,5,8-9,12H2,1H3. The lowest BCUT2D eigenvalue weighted by Gasteiger charge is -2.28. The van der Waals surface area contributed by atoms with E-state index < -0.39 is 0 Å². The second kappa shape index (κ2) is 6.25. The average Bonchev–Trinajstić information content (AvgIpc) is 2.97. The molecule has 3 rings (SSSR count). The normalized spacial score (nSPS) is 19.6. The van der Waals surface area contributed by atoms with E-state index in [4.69, 9.17) is 9.15 Å². The first kappa shape index (κ1) is 13.4. The van der Waals surface area contributed by atoms with Crippen molar-refractivity contribution in [3.63, 3.8) is 0 Å². The molecule has 1 aliphatic carbocycles. The number of rotatable bonds is 5. The van der Waals surface area contributed by atoms with Crippen molar-refractivity contribution in [3.05, 3.63) is 59.5 Å². The molecule has 0 bridgehead atoms. The van der Waals surface area contributed by atoms with E-state index in [1.165, 1.54) is 17.5 Å². The average molecular weight is 271 g/mol. The summed E-state index contributed by atoms with van der Waals surface area (Å²) in [6.45, 7) is 0.674. The van der Waals surface area contributed by atoms with Crippen LogP contribution in [-0.4, -0.2) is 13.7 Å². The van der Waals surface area contributed by atoms with Crippen molar-refractivity contribution in [1.29, 1.82) is 0 Å². The highest BCUT2D eigenvalue weighted by Gasteiger charge is 2.25. The summed E-state index contributed by atoms with van der Waals surface area (Å²) < 4.78 is 10.9. The Morgan fingerprint density at radius 3 is 2.95 bits per heavy atom. The number of hydrogen-bond donors (Lipinski definition) is 1. The van der Waals surface area contributed by atoms with Crippen LogP contribution in [0.1, 0.15) is 41.8 Å². The number of hydrogen-bond acceptors (Lipinski definition) is 3. The maximum absolute atomic E-state index is 5.56. The van der Waals surface area contributed by atoms with Crippen LogP contribution in [0.4, 0.5) is 0 Å². The predicted molar refractivity (Wildman–Crippen MR) is 78.6 cm³/mol. The van der Waals surface area contributed by atoms with E-state index in [9.17, 15) is 0 Å². The van der Waals surface area contributed by atoms with E-state index in [2.05, 4.69) is 35.6 Å². The van der Waals surface area contributed by atoms with Crippen molar-refractivity contribution < 1.29 is 9.15 Å². The van der Waals surface area contributed by atoms with Crippen molar-refractivity contribution in [2.24, 2.45) is 0 Å². The number of ether oxygens (including phenoxy) is 1. The Hall–Kier alpha value is -1.58. The quantitative estimate of drug-likeness (QED) is 0.901. The third-order valence-electron chi connectivity index (χ3n) is 3.99. The van der Waals surface area contributed by atoms with Gasteiger partial charge in [0, 0.05) is 25.1 Å². The Kier molecular flexibility index (Phi) is 4.19. The molecule has 0 saturated heterocycles. The summed E-state index contributed by atoms with van der Waals surface area (Å²) >= 11 is 0. The molecule has 3 heteroatoms. The monoisotopic (exact) mass is 271 g/mol. The van der Waals surface area contributed by atoms with E-state index in [0.29, 0.717) is 12.6 Å². The molecule has 1 N–H and O–H groups in total. The van der Waals surface area contributed by atoms with Gasteiger partial charge in [0.15, 0.2) is 0 Å². The first-order chi connectivity index (χ1) is 9.88. The summed E-state index contributed by atoms with van der Waals surface area (Å²) in [4.78, 5) is 0. The molecule has 1 aromatic carbocycles. The molecule has 0 aliphatic heterocycles. The third kappa shape index (κ3) is 2.79. The van der Waals surface area contributed by atoms with Gasteiger partial charge in [-0.25, -0.2) is 0 Å². The van der Waals surface area contributed by atoms with Gasteiger partial charge in [0.1, 0.15) is 5.76 Å². The number of methoxy groups -OCH3 is 1. The Bertz CT molecular complexity index is 535. The van der Waals surface area contributed by atoms with E-state index in [1.807, 2.05) is 6.07 Å². The van der Waals surface area contributed by atoms with Crippen LogP contribution in [0.25, 0.3) is 0 Å². The topological polar surface area (TPSA) is 34.4 Å². The fourth-order valence-electron chi connectivity index (χ4n) is 2.99. The molecule has 106 valence electrons. The van der Waals surface area contributed by atoms with Gasteiger partial charge in [0.05, 0.1) is 18.9 Å². The number of nitrogens with one attached hydrogen (secondary N) is 1. The van der Waals surface area contributed by atoms with Gasteiger partial charge in [0.25, 0.3) is 0 Å². The van der Waals surface area contributed by atoms with Crippen molar-refractivity contribution in [2.75, 3.05) is 13.7 Å². The Balaban J connectivity index is 1.78. The van der Waals surface area contributed by atoms with Crippen LogP contribution in [0.5, 0.6) is 0 Å². The van der Waals surface area contributed by atoms with Crippen LogP contribution >= 0.6 is 0 Å². The van der Waals surface area contributed by atoms with Gasteiger partial charge in [-0.15, -0.1) is 0 Å². The molecule has 3 nitrogen and oxygen atoms in total. The summed E-state index contributed by atoms with van der Waals surface area (Å²) in [6.07, 6.45) is 5.19. The molecule has 0 spiro atoms. The zero-order chi connectivity index (χ0) is 13.8. The second-order valence-corrected chi connectivity index (χ2v) is 5.33. The minimum absolute atomic E-state index is 0.215. The molecule has 0 amide bonds. The van der Waals surface area contributed by atoms with Gasteiger partial charge in [-0.2, -0.15) is 0 Å². The van der Waals surface area contributed by atoms with Crippen molar-refractivity contribution in [2.45, 2.75) is 31.3 Å². The van der Waals surface area contributed by atoms with E-state index in [-0.39, 0.29) is 6.04 Å². The summed E-state index contributed by atoms with van der Waals surface area (Å²) in [7, 11) is 1.75. The van der Waals surface area contributed by atoms with E-state index in [0.717, 1.165) is 18.6 Å². The van der Waals surface area contributed by atoms with E-state index in [1.54, 1.807) is 13.4 Å². The molecule has 2 aromatic rings. The van der Waals surface area contributed by atoms with Crippen LogP contribution in [0.15, 0.2) is 47.1 Å². The summed E-state index contributed by atoms with van der Waals surface area (Å²) in [5, 5.41) is 3.73. The van der Waals surface area contributed by atoms with Crippen LogP contribution in [0.3, 0.4) is 0 Å². The minimum Gasteiger partial charge on any atom is -0.469 e. The van der Waals surface area contributed by atoms with Crippen LogP contribution in [0.2, 0.25) is 0 Å². The fourth-order valence-corrected chi connectivity index (χ4v) is 2.99. The van der Waals surface area contributed by atoms with Gasteiger partial charge in [-0.3, -0.25) is 0 Å². The van der Waals surface area contributed by atoms with E-state index >= 15 is 0 Å². The highest BCUT2D eigenvalue weighted by atomic mass is 16.5. The number of benzene rings is 1. The summed E-state index contributed by atoms with van der Waals surface area (Å²) in [5.41, 5.74) is 2.58. The first-order valence-electron chi connectivity index (χ1n) is 7.24. The Morgan fingerprint density at radius 2 is 2.15 bits per heavy atom. The maximum Gasteiger partial charge on any atom is 0.108 e. The lowest BCUT2D eigenvalue weighted by molar-refractivity contribution is 0.158. The molecule has 0 fully saturated rings. The smallest absolute Gasteiger partial charge is 0.108 e. The zero-order valence-corrected chi connectivity index (χ0v) is 11.8. The maximum atomic E-state index is 5.56. The molecule has 2 unspecified atom stereocenters. The third-order valence-corrected chi connectivity index (χ3v) is 3.99. The lowest BCUT2D eigenvalue weighted by Crippen LogP contribution is -2.31. The Morgan fingerprint density at radius 1 is 1.30 bits per heavy atom. The van der Waals surface area contributed by atoms with Crippen molar-refractivity contribution in [3.8, 4) is 0 Å². The fraction of sp³-hybridized carbons (Fsp3) is 0.412. The molecule has 2 atom stereocenters. The number of aryl methyl sites for hydroxylation is 1. The first-order valence-corrected chi connectivity index (χ1v) is 7.24. The minimum atomic E-state index is 0.215. The number of fused-ring (bicyclic) bond motifs is 1. The molecule has 0 saturated carbocycles. The molecular formula is C17H21NO2. The molecular weight excluding hydrogens is 250 g/mol. The SMILES string of the molecule is COCC(NC1CCCc2occc21)c1ccccc1. The van der Waals surface area contributed by atoms with Crippen molar-refractivity contribution in [1.82, 2.24) is 5.32 Å². The molecule has 1 heterocycles.